The molecule has 1 aliphatic carbocycles. The first-order valence-corrected chi connectivity index (χ1v) is 10.4. The molecule has 1 aromatic rings. The molecular weight excluding hydrogens is 346 g/mol. The maximum Gasteiger partial charge on any atom is 0.243 e. The van der Waals surface area contributed by atoms with Gasteiger partial charge in [0.25, 0.3) is 0 Å². The lowest BCUT2D eigenvalue weighted by molar-refractivity contribution is -0.157. The fourth-order valence-electron chi connectivity index (χ4n) is 5.45. The molecule has 1 saturated carbocycles. The molecule has 27 heavy (non-hydrogen) atoms. The van der Waals surface area contributed by atoms with Crippen LogP contribution < -0.4 is 0 Å². The average molecular weight is 375 g/mol. The first-order valence-electron chi connectivity index (χ1n) is 10.4. The number of likely N-dealkylation sites (tertiary alicyclic amines) is 1. The highest BCUT2D eigenvalue weighted by Gasteiger charge is 2.49. The SMILES string of the molecule is O=C(N1CC[C@H]2OCc3cnnn3[C@H]2C1)C1(N2CCOCC2)CCCCC1. The Hall–Kier alpha value is -1.51. The lowest BCUT2D eigenvalue weighted by atomic mass is 9.78. The van der Waals surface area contributed by atoms with Crippen LogP contribution in [0.1, 0.15) is 50.3 Å². The van der Waals surface area contributed by atoms with E-state index in [0.717, 1.165) is 70.6 Å². The molecule has 4 aliphatic rings. The molecule has 0 spiro atoms. The third-order valence-electron chi connectivity index (χ3n) is 6.91. The lowest BCUT2D eigenvalue weighted by Crippen LogP contribution is -2.64. The number of carbonyl (C=O) groups is 1. The smallest absolute Gasteiger partial charge is 0.243 e. The van der Waals surface area contributed by atoms with Crippen LogP contribution in [0.25, 0.3) is 0 Å². The van der Waals surface area contributed by atoms with Crippen molar-refractivity contribution in [2.75, 3.05) is 39.4 Å². The summed E-state index contributed by atoms with van der Waals surface area (Å²) in [5.41, 5.74) is 0.668. The van der Waals surface area contributed by atoms with Gasteiger partial charge in [0.15, 0.2) is 0 Å². The van der Waals surface area contributed by atoms with Crippen molar-refractivity contribution in [1.29, 1.82) is 0 Å². The van der Waals surface area contributed by atoms with E-state index in [2.05, 4.69) is 20.1 Å². The fraction of sp³-hybridized carbons (Fsp3) is 0.842. The standard InChI is InChI=1S/C19H29N5O3/c25-18(19(5-2-1-3-6-19)23-8-10-26-11-9-23)22-7-4-17-16(13-22)24-15(14-27-17)12-20-21-24/h12,16-17H,1-11,13-14H2/t16-,17+/m0/s1. The predicted molar refractivity (Wildman–Crippen MR) is 97.0 cm³/mol. The summed E-state index contributed by atoms with van der Waals surface area (Å²) < 4.78 is 13.6. The summed E-state index contributed by atoms with van der Waals surface area (Å²) in [5.74, 6) is 0.315. The van der Waals surface area contributed by atoms with Crippen LogP contribution in [0, 0.1) is 0 Å². The van der Waals surface area contributed by atoms with Crippen molar-refractivity contribution in [3.05, 3.63) is 11.9 Å². The molecule has 2 saturated heterocycles. The second kappa shape index (κ2) is 7.14. The number of morpholine rings is 1. The quantitative estimate of drug-likeness (QED) is 0.768. The van der Waals surface area contributed by atoms with Gasteiger partial charge in [-0.15, -0.1) is 5.10 Å². The molecule has 0 unspecified atom stereocenters. The molecule has 0 radical (unpaired) electrons. The topological polar surface area (TPSA) is 72.7 Å². The van der Waals surface area contributed by atoms with Gasteiger partial charge in [0, 0.05) is 26.2 Å². The number of hydrogen-bond donors (Lipinski definition) is 0. The number of amides is 1. The molecule has 2 atom stereocenters. The lowest BCUT2D eigenvalue weighted by Gasteiger charge is -2.50. The minimum atomic E-state index is -0.338. The van der Waals surface area contributed by atoms with Crippen LogP contribution in [-0.4, -0.2) is 81.7 Å². The largest absolute Gasteiger partial charge is 0.379 e. The van der Waals surface area contributed by atoms with Crippen molar-refractivity contribution < 1.29 is 14.3 Å². The summed E-state index contributed by atoms with van der Waals surface area (Å²) >= 11 is 0. The second-order valence-corrected chi connectivity index (χ2v) is 8.32. The Morgan fingerprint density at radius 2 is 1.96 bits per heavy atom. The molecule has 148 valence electrons. The number of rotatable bonds is 2. The first-order chi connectivity index (χ1) is 13.3. The zero-order valence-corrected chi connectivity index (χ0v) is 15.9. The maximum atomic E-state index is 13.9. The van der Waals surface area contributed by atoms with Crippen molar-refractivity contribution in [2.24, 2.45) is 0 Å². The molecule has 3 aliphatic heterocycles. The van der Waals surface area contributed by atoms with Crippen LogP contribution in [-0.2, 0) is 20.9 Å². The third-order valence-corrected chi connectivity index (χ3v) is 6.91. The minimum absolute atomic E-state index is 0.0827. The highest BCUT2D eigenvalue weighted by atomic mass is 16.5. The molecular formula is C19H29N5O3. The second-order valence-electron chi connectivity index (χ2n) is 8.32. The molecule has 1 amide bonds. The van der Waals surface area contributed by atoms with Crippen LogP contribution in [0.3, 0.4) is 0 Å². The number of fused-ring (bicyclic) bond motifs is 3. The van der Waals surface area contributed by atoms with Gasteiger partial charge in [-0.3, -0.25) is 9.69 Å². The van der Waals surface area contributed by atoms with E-state index in [9.17, 15) is 4.79 Å². The highest BCUT2D eigenvalue weighted by Crippen LogP contribution is 2.38. The number of hydrogen-bond acceptors (Lipinski definition) is 6. The number of aromatic nitrogens is 3. The summed E-state index contributed by atoms with van der Waals surface area (Å²) in [4.78, 5) is 18.4. The Labute approximate surface area is 159 Å². The van der Waals surface area contributed by atoms with Crippen molar-refractivity contribution in [3.63, 3.8) is 0 Å². The van der Waals surface area contributed by atoms with Crippen LogP contribution in [0.15, 0.2) is 6.20 Å². The van der Waals surface area contributed by atoms with Gasteiger partial charge in [-0.25, -0.2) is 4.68 Å². The zero-order chi connectivity index (χ0) is 18.3. The summed E-state index contributed by atoms with van der Waals surface area (Å²) in [6.07, 6.45) is 8.23. The minimum Gasteiger partial charge on any atom is -0.379 e. The van der Waals surface area contributed by atoms with Crippen LogP contribution in [0.5, 0.6) is 0 Å². The molecule has 1 aromatic heterocycles. The van der Waals surface area contributed by atoms with Crippen molar-refractivity contribution >= 4 is 5.91 Å². The van der Waals surface area contributed by atoms with Crippen LogP contribution >= 0.6 is 0 Å². The molecule has 0 N–H and O–H groups in total. The van der Waals surface area contributed by atoms with E-state index < -0.39 is 0 Å². The van der Waals surface area contributed by atoms with Gasteiger partial charge >= 0.3 is 0 Å². The Bertz CT molecular complexity index is 681. The monoisotopic (exact) mass is 375 g/mol. The molecule has 0 aromatic carbocycles. The van der Waals surface area contributed by atoms with E-state index in [4.69, 9.17) is 9.47 Å². The number of ether oxygens (including phenoxy) is 2. The highest BCUT2D eigenvalue weighted by molar-refractivity contribution is 5.86. The summed E-state index contributed by atoms with van der Waals surface area (Å²) in [7, 11) is 0. The third kappa shape index (κ3) is 2.98. The number of carbonyl (C=O) groups excluding carboxylic acids is 1. The zero-order valence-electron chi connectivity index (χ0n) is 15.9. The number of piperidine rings is 1. The molecule has 4 heterocycles. The number of nitrogens with zero attached hydrogens (tertiary/aromatic N) is 5. The Kier molecular flexibility index (Phi) is 4.65. The van der Waals surface area contributed by atoms with Gasteiger partial charge in [0.05, 0.1) is 43.9 Å². The Balaban J connectivity index is 1.39. The molecule has 0 bridgehead atoms. The van der Waals surface area contributed by atoms with Crippen molar-refractivity contribution in [3.8, 4) is 0 Å². The Morgan fingerprint density at radius 3 is 2.78 bits per heavy atom. The van der Waals surface area contributed by atoms with Crippen molar-refractivity contribution in [1.82, 2.24) is 24.8 Å². The van der Waals surface area contributed by atoms with Crippen molar-refractivity contribution in [2.45, 2.75) is 62.8 Å². The summed E-state index contributed by atoms with van der Waals surface area (Å²) in [6.45, 7) is 5.21. The molecule has 5 rings (SSSR count). The molecule has 8 nitrogen and oxygen atoms in total. The predicted octanol–water partition coefficient (Wildman–Crippen LogP) is 0.985. The van der Waals surface area contributed by atoms with Crippen LogP contribution in [0.2, 0.25) is 0 Å². The molecule has 8 heteroatoms. The fourth-order valence-corrected chi connectivity index (χ4v) is 5.45. The van der Waals surface area contributed by atoms with Gasteiger partial charge in [-0.1, -0.05) is 24.5 Å². The van der Waals surface area contributed by atoms with E-state index in [1.54, 1.807) is 6.20 Å². The molecule has 3 fully saturated rings. The first kappa shape index (κ1) is 17.6. The maximum absolute atomic E-state index is 13.9. The normalized spacial score (nSPS) is 31.2. The Morgan fingerprint density at radius 1 is 1.15 bits per heavy atom. The van der Waals surface area contributed by atoms with Gasteiger partial charge in [0.2, 0.25) is 5.91 Å². The van der Waals surface area contributed by atoms with Crippen LogP contribution in [0.4, 0.5) is 0 Å². The summed E-state index contributed by atoms with van der Waals surface area (Å²) in [5, 5.41) is 8.33. The van der Waals surface area contributed by atoms with Gasteiger partial charge in [0.1, 0.15) is 5.54 Å². The van der Waals surface area contributed by atoms with E-state index >= 15 is 0 Å². The van der Waals surface area contributed by atoms with E-state index in [1.165, 1.54) is 6.42 Å². The van der Waals surface area contributed by atoms with E-state index in [-0.39, 0.29) is 17.7 Å². The summed E-state index contributed by atoms with van der Waals surface area (Å²) in [6, 6.07) is 0.0827. The van der Waals surface area contributed by atoms with E-state index in [1.807, 2.05) is 4.68 Å². The van der Waals surface area contributed by atoms with Gasteiger partial charge in [-0.05, 0) is 19.3 Å². The van der Waals surface area contributed by atoms with Gasteiger partial charge in [-0.2, -0.15) is 0 Å². The average Bonchev–Trinajstić information content (AvgIpc) is 3.23. The van der Waals surface area contributed by atoms with Gasteiger partial charge < -0.3 is 14.4 Å². The van der Waals surface area contributed by atoms with E-state index in [0.29, 0.717) is 19.1 Å².